The predicted molar refractivity (Wildman–Crippen MR) is 103 cm³/mol. The number of rotatable bonds is 6. The van der Waals surface area contributed by atoms with Gasteiger partial charge in [-0.25, -0.2) is 0 Å². The van der Waals surface area contributed by atoms with Crippen LogP contribution in [-0.2, 0) is 11.2 Å². The summed E-state index contributed by atoms with van der Waals surface area (Å²) in [4.78, 5) is 12.1. The van der Waals surface area contributed by atoms with Gasteiger partial charge in [0.2, 0.25) is 5.91 Å². The molecule has 0 radical (unpaired) electrons. The van der Waals surface area contributed by atoms with Crippen LogP contribution in [0.15, 0.2) is 18.2 Å². The summed E-state index contributed by atoms with van der Waals surface area (Å²) in [5.74, 6) is 1.05. The molecule has 0 bridgehead atoms. The zero-order chi connectivity index (χ0) is 17.4. The van der Waals surface area contributed by atoms with Crippen molar-refractivity contribution >= 4 is 29.1 Å². The van der Waals surface area contributed by atoms with Gasteiger partial charge in [0.05, 0.1) is 0 Å². The number of nitrogens with one attached hydrogen (secondary N) is 1. The summed E-state index contributed by atoms with van der Waals surface area (Å²) in [6.45, 7) is 2.34. The second-order valence-electron chi connectivity index (χ2n) is 7.22. The van der Waals surface area contributed by atoms with E-state index < -0.39 is 0 Å². The third-order valence-electron chi connectivity index (χ3n) is 4.91. The summed E-state index contributed by atoms with van der Waals surface area (Å²) < 4.78 is 0. The first-order valence-electron chi connectivity index (χ1n) is 9.27. The van der Waals surface area contributed by atoms with Crippen LogP contribution in [0.4, 0.5) is 0 Å². The standard InChI is InChI=1S/C20H29Cl2NO/c1-15-6-4-9-19(10-5-7-15)23-20(24)11-3-2-8-16-12-17(21)14-18(22)13-16/h12-15,19H,2-11H2,1H3,(H,23,24). The largest absolute Gasteiger partial charge is 0.353 e. The summed E-state index contributed by atoms with van der Waals surface area (Å²) in [7, 11) is 0. The van der Waals surface area contributed by atoms with Crippen molar-refractivity contribution in [2.75, 3.05) is 0 Å². The first kappa shape index (κ1) is 19.6. The van der Waals surface area contributed by atoms with Gasteiger partial charge in [-0.05, 0) is 61.8 Å². The Bertz CT molecular complexity index is 502. The van der Waals surface area contributed by atoms with Crippen LogP contribution in [0.1, 0.15) is 70.3 Å². The molecule has 1 aromatic rings. The van der Waals surface area contributed by atoms with Crippen molar-refractivity contribution in [3.63, 3.8) is 0 Å². The molecule has 2 rings (SSSR count). The number of hydrogen-bond donors (Lipinski definition) is 1. The summed E-state index contributed by atoms with van der Waals surface area (Å²) >= 11 is 12.0. The average molecular weight is 370 g/mol. The van der Waals surface area contributed by atoms with E-state index in [9.17, 15) is 4.79 Å². The molecule has 0 heterocycles. The van der Waals surface area contributed by atoms with Crippen molar-refractivity contribution in [3.8, 4) is 0 Å². The molecule has 0 atom stereocenters. The van der Waals surface area contributed by atoms with E-state index in [1.54, 1.807) is 6.07 Å². The zero-order valence-electron chi connectivity index (χ0n) is 14.6. The quantitative estimate of drug-likeness (QED) is 0.595. The highest BCUT2D eigenvalue weighted by Gasteiger charge is 2.16. The van der Waals surface area contributed by atoms with Gasteiger partial charge in [0.15, 0.2) is 0 Å². The van der Waals surface area contributed by atoms with Gasteiger partial charge in [0.25, 0.3) is 0 Å². The van der Waals surface area contributed by atoms with E-state index in [1.165, 1.54) is 25.7 Å². The fourth-order valence-electron chi connectivity index (χ4n) is 3.53. The zero-order valence-corrected chi connectivity index (χ0v) is 16.1. The van der Waals surface area contributed by atoms with Crippen LogP contribution in [0.25, 0.3) is 0 Å². The molecule has 134 valence electrons. The second-order valence-corrected chi connectivity index (χ2v) is 8.09. The van der Waals surface area contributed by atoms with E-state index in [1.807, 2.05) is 12.1 Å². The van der Waals surface area contributed by atoms with Gasteiger partial charge in [0, 0.05) is 22.5 Å². The maximum absolute atomic E-state index is 12.1. The minimum absolute atomic E-state index is 0.206. The van der Waals surface area contributed by atoms with Gasteiger partial charge < -0.3 is 5.32 Å². The van der Waals surface area contributed by atoms with Crippen LogP contribution >= 0.6 is 23.2 Å². The van der Waals surface area contributed by atoms with Gasteiger partial charge >= 0.3 is 0 Å². The van der Waals surface area contributed by atoms with Gasteiger partial charge in [-0.3, -0.25) is 4.79 Å². The maximum atomic E-state index is 12.1. The van der Waals surface area contributed by atoms with Crippen LogP contribution in [-0.4, -0.2) is 11.9 Å². The number of unbranched alkanes of at least 4 members (excludes halogenated alkanes) is 1. The SMILES string of the molecule is CC1CCCC(NC(=O)CCCCc2cc(Cl)cc(Cl)c2)CCC1. The fraction of sp³-hybridized carbons (Fsp3) is 0.650. The first-order valence-corrected chi connectivity index (χ1v) is 10.0. The van der Waals surface area contributed by atoms with Crippen LogP contribution in [0.5, 0.6) is 0 Å². The fourth-order valence-corrected chi connectivity index (χ4v) is 4.10. The number of aryl methyl sites for hydroxylation is 1. The monoisotopic (exact) mass is 369 g/mol. The molecule has 2 nitrogen and oxygen atoms in total. The normalized spacial score (nSPS) is 21.8. The molecule has 1 aliphatic rings. The molecule has 1 aromatic carbocycles. The van der Waals surface area contributed by atoms with Crippen molar-refractivity contribution in [2.45, 2.75) is 77.2 Å². The number of carbonyl (C=O) groups excluding carboxylic acids is 1. The van der Waals surface area contributed by atoms with Gasteiger partial charge in [-0.15, -0.1) is 0 Å². The number of benzene rings is 1. The van der Waals surface area contributed by atoms with Crippen LogP contribution in [0.3, 0.4) is 0 Å². The molecule has 1 N–H and O–H groups in total. The molecule has 4 heteroatoms. The van der Waals surface area contributed by atoms with Gasteiger partial charge in [-0.2, -0.15) is 0 Å². The van der Waals surface area contributed by atoms with E-state index in [0.717, 1.165) is 43.6 Å². The number of amides is 1. The van der Waals surface area contributed by atoms with E-state index in [4.69, 9.17) is 23.2 Å². The number of hydrogen-bond acceptors (Lipinski definition) is 1. The smallest absolute Gasteiger partial charge is 0.220 e. The Morgan fingerprint density at radius 2 is 1.67 bits per heavy atom. The lowest BCUT2D eigenvalue weighted by Crippen LogP contribution is -2.35. The lowest BCUT2D eigenvalue weighted by Gasteiger charge is -2.23. The Labute approximate surface area is 156 Å². The Morgan fingerprint density at radius 1 is 1.04 bits per heavy atom. The first-order chi connectivity index (χ1) is 11.5. The maximum Gasteiger partial charge on any atom is 0.220 e. The third-order valence-corrected chi connectivity index (χ3v) is 5.34. The van der Waals surface area contributed by atoms with E-state index >= 15 is 0 Å². The highest BCUT2D eigenvalue weighted by molar-refractivity contribution is 6.34. The lowest BCUT2D eigenvalue weighted by atomic mass is 9.90. The Balaban J connectivity index is 1.64. The molecular weight excluding hydrogens is 341 g/mol. The molecular formula is C20H29Cl2NO. The summed E-state index contributed by atoms with van der Waals surface area (Å²) in [5.41, 5.74) is 1.14. The Morgan fingerprint density at radius 3 is 2.29 bits per heavy atom. The van der Waals surface area contributed by atoms with Crippen molar-refractivity contribution in [1.82, 2.24) is 5.32 Å². The molecule has 1 aliphatic carbocycles. The topological polar surface area (TPSA) is 29.1 Å². The molecule has 1 fully saturated rings. The molecule has 0 aromatic heterocycles. The summed E-state index contributed by atoms with van der Waals surface area (Å²) in [6, 6.07) is 6.03. The van der Waals surface area contributed by atoms with Crippen LogP contribution in [0.2, 0.25) is 10.0 Å². The molecule has 0 saturated heterocycles. The van der Waals surface area contributed by atoms with E-state index in [2.05, 4.69) is 12.2 Å². The molecule has 24 heavy (non-hydrogen) atoms. The minimum Gasteiger partial charge on any atom is -0.353 e. The Kier molecular flexibility index (Phi) is 8.41. The van der Waals surface area contributed by atoms with Crippen LogP contribution in [0, 0.1) is 5.92 Å². The summed E-state index contributed by atoms with van der Waals surface area (Å²) in [6.07, 6.45) is 10.8. The number of carbonyl (C=O) groups is 1. The average Bonchev–Trinajstić information content (AvgIpc) is 2.48. The highest BCUT2D eigenvalue weighted by atomic mass is 35.5. The lowest BCUT2D eigenvalue weighted by molar-refractivity contribution is -0.122. The third kappa shape index (κ3) is 7.44. The van der Waals surface area contributed by atoms with Crippen molar-refractivity contribution < 1.29 is 4.79 Å². The highest BCUT2D eigenvalue weighted by Crippen LogP contribution is 2.22. The predicted octanol–water partition coefficient (Wildman–Crippen LogP) is 6.18. The van der Waals surface area contributed by atoms with Crippen molar-refractivity contribution in [3.05, 3.63) is 33.8 Å². The number of halogens is 2. The Hall–Kier alpha value is -0.730. The van der Waals surface area contributed by atoms with Gasteiger partial charge in [-0.1, -0.05) is 55.8 Å². The van der Waals surface area contributed by atoms with Gasteiger partial charge in [0.1, 0.15) is 0 Å². The molecule has 1 amide bonds. The van der Waals surface area contributed by atoms with Crippen LogP contribution < -0.4 is 5.32 Å². The van der Waals surface area contributed by atoms with Crippen molar-refractivity contribution in [2.24, 2.45) is 5.92 Å². The van der Waals surface area contributed by atoms with Crippen molar-refractivity contribution in [1.29, 1.82) is 0 Å². The summed E-state index contributed by atoms with van der Waals surface area (Å²) in [5, 5.41) is 4.59. The molecule has 1 saturated carbocycles. The van der Waals surface area contributed by atoms with E-state index in [0.29, 0.717) is 22.5 Å². The minimum atomic E-state index is 0.206. The molecule has 0 unspecified atom stereocenters. The van der Waals surface area contributed by atoms with E-state index in [-0.39, 0.29) is 5.91 Å². The molecule has 0 spiro atoms. The second kappa shape index (κ2) is 10.3. The molecule has 0 aliphatic heterocycles.